The average molecular weight is 329 g/mol. The van der Waals surface area contributed by atoms with Gasteiger partial charge in [0.15, 0.2) is 0 Å². The van der Waals surface area contributed by atoms with E-state index in [0.29, 0.717) is 25.6 Å². The molecule has 0 bridgehead atoms. The molecule has 0 aliphatic heterocycles. The molecule has 0 fully saturated rings. The van der Waals surface area contributed by atoms with Crippen LogP contribution in [0.1, 0.15) is 40.5 Å². The van der Waals surface area contributed by atoms with Gasteiger partial charge in [-0.15, -0.1) is 0 Å². The van der Waals surface area contributed by atoms with Gasteiger partial charge >= 0.3 is 0 Å². The first-order chi connectivity index (χ1) is 7.92. The van der Waals surface area contributed by atoms with E-state index in [9.17, 15) is 8.42 Å². The number of rotatable bonds is 9. The molecule has 0 saturated heterocycles. The highest BCUT2D eigenvalue weighted by atomic mass is 79.9. The first-order valence-electron chi connectivity index (χ1n) is 6.31. The summed E-state index contributed by atoms with van der Waals surface area (Å²) in [4.78, 5) is 0.197. The lowest BCUT2D eigenvalue weighted by atomic mass is 10.00. The molecule has 4 nitrogen and oxygen atoms in total. The van der Waals surface area contributed by atoms with Crippen LogP contribution in [-0.2, 0) is 10.2 Å². The first-order valence-corrected chi connectivity index (χ1v) is 8.67. The van der Waals surface area contributed by atoms with Crippen LogP contribution in [0.2, 0.25) is 0 Å². The quantitative estimate of drug-likeness (QED) is 0.660. The van der Waals surface area contributed by atoms with Gasteiger partial charge in [-0.3, -0.25) is 0 Å². The average Bonchev–Trinajstić information content (AvgIpc) is 2.29. The fourth-order valence-corrected chi connectivity index (χ4v) is 4.18. The normalized spacial score (nSPS) is 14.5. The Morgan fingerprint density at radius 2 is 1.59 bits per heavy atom. The topological polar surface area (TPSA) is 49.4 Å². The minimum absolute atomic E-state index is 0.197. The monoisotopic (exact) mass is 328 g/mol. The summed E-state index contributed by atoms with van der Waals surface area (Å²) in [5.41, 5.74) is 0. The van der Waals surface area contributed by atoms with Crippen LogP contribution in [0.15, 0.2) is 0 Å². The predicted molar refractivity (Wildman–Crippen MR) is 76.6 cm³/mol. The van der Waals surface area contributed by atoms with E-state index in [1.54, 1.807) is 0 Å². The predicted octanol–water partition coefficient (Wildman–Crippen LogP) is 2.36. The Morgan fingerprint density at radius 1 is 1.12 bits per heavy atom. The van der Waals surface area contributed by atoms with Crippen molar-refractivity contribution in [3.63, 3.8) is 0 Å². The molecule has 0 aliphatic carbocycles. The van der Waals surface area contributed by atoms with Crippen LogP contribution in [-0.4, -0.2) is 37.2 Å². The smallest absolute Gasteiger partial charge is 0.201 e. The third-order valence-corrected chi connectivity index (χ3v) is 5.87. The maximum Gasteiger partial charge on any atom is 0.279 e. The third kappa shape index (κ3) is 5.68. The van der Waals surface area contributed by atoms with E-state index in [1.165, 1.54) is 4.31 Å². The second-order valence-electron chi connectivity index (χ2n) is 4.03. The standard InChI is InChI=1S/C11H25BrN2O2S/c1-5-10(6-2)11(12)9-13-17(15,16)14(7-3)8-4/h10-11,13H,5-9H2,1-4H3. The Bertz CT molecular complexity index is 288. The van der Waals surface area contributed by atoms with Crippen LogP contribution >= 0.6 is 15.9 Å². The highest BCUT2D eigenvalue weighted by Gasteiger charge is 2.21. The largest absolute Gasteiger partial charge is 0.279 e. The minimum Gasteiger partial charge on any atom is -0.201 e. The van der Waals surface area contributed by atoms with Crippen LogP contribution in [0, 0.1) is 5.92 Å². The van der Waals surface area contributed by atoms with E-state index < -0.39 is 10.2 Å². The molecule has 17 heavy (non-hydrogen) atoms. The van der Waals surface area contributed by atoms with E-state index in [0.717, 1.165) is 12.8 Å². The Balaban J connectivity index is 4.36. The molecule has 0 saturated carbocycles. The number of nitrogens with one attached hydrogen (secondary N) is 1. The van der Waals surface area contributed by atoms with Crippen LogP contribution in [0.5, 0.6) is 0 Å². The Kier molecular flexibility index (Phi) is 8.63. The highest BCUT2D eigenvalue weighted by molar-refractivity contribution is 9.09. The van der Waals surface area contributed by atoms with Crippen molar-refractivity contribution < 1.29 is 8.42 Å². The molecule has 0 aromatic carbocycles. The van der Waals surface area contributed by atoms with Gasteiger partial charge in [0.1, 0.15) is 0 Å². The lowest BCUT2D eigenvalue weighted by Crippen LogP contribution is -2.43. The molecule has 0 amide bonds. The number of alkyl halides is 1. The molecule has 0 radical (unpaired) electrons. The summed E-state index contributed by atoms with van der Waals surface area (Å²) in [6.07, 6.45) is 2.11. The molecule has 1 unspecified atom stereocenters. The minimum atomic E-state index is -3.31. The lowest BCUT2D eigenvalue weighted by molar-refractivity contribution is 0.425. The van der Waals surface area contributed by atoms with Gasteiger partial charge in [-0.05, 0) is 5.92 Å². The van der Waals surface area contributed by atoms with Crippen molar-refractivity contribution >= 4 is 26.1 Å². The molecule has 0 aromatic rings. The van der Waals surface area contributed by atoms with Gasteiger partial charge in [0, 0.05) is 24.5 Å². The van der Waals surface area contributed by atoms with Gasteiger partial charge in [-0.25, -0.2) is 4.72 Å². The molecule has 1 N–H and O–H groups in total. The number of halogens is 1. The second kappa shape index (κ2) is 8.45. The van der Waals surface area contributed by atoms with E-state index in [4.69, 9.17) is 0 Å². The van der Waals surface area contributed by atoms with Crippen molar-refractivity contribution in [2.24, 2.45) is 5.92 Å². The van der Waals surface area contributed by atoms with Crippen LogP contribution in [0.4, 0.5) is 0 Å². The van der Waals surface area contributed by atoms with Gasteiger partial charge in [-0.1, -0.05) is 56.5 Å². The zero-order valence-corrected chi connectivity index (χ0v) is 13.6. The fraction of sp³-hybridized carbons (Fsp3) is 1.00. The van der Waals surface area contributed by atoms with E-state index in [-0.39, 0.29) is 4.83 Å². The molecular formula is C11H25BrN2O2S. The zero-order valence-electron chi connectivity index (χ0n) is 11.2. The third-order valence-electron chi connectivity index (χ3n) is 3.07. The number of nitrogens with zero attached hydrogens (tertiary/aromatic N) is 1. The molecule has 104 valence electrons. The molecular weight excluding hydrogens is 304 g/mol. The summed E-state index contributed by atoms with van der Waals surface area (Å²) in [7, 11) is -3.31. The molecule has 6 heteroatoms. The summed E-state index contributed by atoms with van der Waals surface area (Å²) >= 11 is 3.56. The fourth-order valence-electron chi connectivity index (χ4n) is 1.81. The van der Waals surface area contributed by atoms with Crippen LogP contribution in [0.3, 0.4) is 0 Å². The Hall–Kier alpha value is 0.350. The van der Waals surface area contributed by atoms with E-state index in [2.05, 4.69) is 34.5 Å². The summed E-state index contributed by atoms with van der Waals surface area (Å²) in [6.45, 7) is 9.39. The Labute approximate surface area is 114 Å². The van der Waals surface area contributed by atoms with Gasteiger partial charge in [0.2, 0.25) is 0 Å². The SMILES string of the molecule is CCC(CC)C(Br)CNS(=O)(=O)N(CC)CC. The second-order valence-corrected chi connectivity index (χ2v) is 6.96. The lowest BCUT2D eigenvalue weighted by Gasteiger charge is -2.23. The van der Waals surface area contributed by atoms with E-state index >= 15 is 0 Å². The summed E-state index contributed by atoms with van der Waals surface area (Å²) in [5.74, 6) is 0.509. The summed E-state index contributed by atoms with van der Waals surface area (Å²) in [6, 6.07) is 0. The first kappa shape index (κ1) is 17.4. The van der Waals surface area contributed by atoms with Crippen molar-refractivity contribution in [2.45, 2.75) is 45.4 Å². The van der Waals surface area contributed by atoms with Crippen LogP contribution in [0.25, 0.3) is 0 Å². The van der Waals surface area contributed by atoms with Gasteiger partial charge in [0.25, 0.3) is 10.2 Å². The molecule has 0 aromatic heterocycles. The van der Waals surface area contributed by atoms with Crippen molar-refractivity contribution in [1.29, 1.82) is 0 Å². The van der Waals surface area contributed by atoms with Crippen molar-refractivity contribution in [2.75, 3.05) is 19.6 Å². The summed E-state index contributed by atoms with van der Waals surface area (Å²) < 4.78 is 27.9. The van der Waals surface area contributed by atoms with Gasteiger partial charge in [-0.2, -0.15) is 12.7 Å². The number of hydrogen-bond donors (Lipinski definition) is 1. The molecule has 0 heterocycles. The van der Waals surface area contributed by atoms with E-state index in [1.807, 2.05) is 13.8 Å². The molecule has 0 aliphatic rings. The maximum absolute atomic E-state index is 11.9. The van der Waals surface area contributed by atoms with Crippen molar-refractivity contribution in [1.82, 2.24) is 9.03 Å². The van der Waals surface area contributed by atoms with Crippen LogP contribution < -0.4 is 4.72 Å². The molecule has 0 rings (SSSR count). The van der Waals surface area contributed by atoms with Gasteiger partial charge in [0.05, 0.1) is 0 Å². The van der Waals surface area contributed by atoms with Crippen molar-refractivity contribution in [3.05, 3.63) is 0 Å². The number of hydrogen-bond acceptors (Lipinski definition) is 2. The maximum atomic E-state index is 11.9. The zero-order chi connectivity index (χ0) is 13.5. The van der Waals surface area contributed by atoms with Crippen molar-refractivity contribution in [3.8, 4) is 0 Å². The Morgan fingerprint density at radius 3 is 1.94 bits per heavy atom. The molecule has 0 spiro atoms. The summed E-state index contributed by atoms with van der Waals surface area (Å²) in [5, 5.41) is 0. The highest BCUT2D eigenvalue weighted by Crippen LogP contribution is 2.19. The molecule has 1 atom stereocenters. The van der Waals surface area contributed by atoms with Gasteiger partial charge < -0.3 is 0 Å².